The van der Waals surface area contributed by atoms with Crippen LogP contribution in [0.4, 0.5) is 14.9 Å². The molecule has 0 unspecified atom stereocenters. The quantitative estimate of drug-likeness (QED) is 0.314. The number of hydrogen-bond acceptors (Lipinski definition) is 3. The summed E-state index contributed by atoms with van der Waals surface area (Å²) in [7, 11) is 0. The van der Waals surface area contributed by atoms with E-state index in [4.69, 9.17) is 0 Å². The lowest BCUT2D eigenvalue weighted by atomic mass is 10.1. The smallest absolute Gasteiger partial charge is 0.307 e. The molecule has 0 aliphatic rings. The molecule has 3 aromatic carbocycles. The van der Waals surface area contributed by atoms with Crippen LogP contribution in [0.1, 0.15) is 5.56 Å². The van der Waals surface area contributed by atoms with Crippen LogP contribution < -0.4 is 16.2 Å². The van der Waals surface area contributed by atoms with Crippen molar-refractivity contribution in [1.82, 2.24) is 20.6 Å². The van der Waals surface area contributed by atoms with E-state index in [1.54, 1.807) is 10.8 Å². The second-order valence-corrected chi connectivity index (χ2v) is 6.99. The Labute approximate surface area is 189 Å². The van der Waals surface area contributed by atoms with Crippen LogP contribution in [-0.4, -0.2) is 21.7 Å². The third-order valence-corrected chi connectivity index (χ3v) is 4.63. The van der Waals surface area contributed by atoms with E-state index in [1.807, 2.05) is 66.9 Å². The molecule has 8 heteroatoms. The molecular weight excluding hydrogens is 421 g/mol. The highest BCUT2D eigenvalue weighted by Crippen LogP contribution is 2.24. The SMILES string of the molecule is O=C(/C=C/c1cn(-c2ccccc2)nc1-c1ccccc1)NNC(=O)Nc1ccc(F)cc1. The third kappa shape index (κ3) is 5.71. The lowest BCUT2D eigenvalue weighted by Crippen LogP contribution is -2.43. The maximum Gasteiger partial charge on any atom is 0.337 e. The Morgan fingerprint density at radius 2 is 1.52 bits per heavy atom. The minimum atomic E-state index is -0.662. The first-order valence-electron chi connectivity index (χ1n) is 10.1. The molecular formula is C25H20FN5O2. The zero-order chi connectivity index (χ0) is 23.0. The summed E-state index contributed by atoms with van der Waals surface area (Å²) in [6.45, 7) is 0. The number of benzene rings is 3. The van der Waals surface area contributed by atoms with Gasteiger partial charge in [0.15, 0.2) is 0 Å². The van der Waals surface area contributed by atoms with E-state index in [-0.39, 0.29) is 0 Å². The van der Waals surface area contributed by atoms with Crippen LogP contribution in [0, 0.1) is 5.82 Å². The third-order valence-electron chi connectivity index (χ3n) is 4.63. The van der Waals surface area contributed by atoms with E-state index in [9.17, 15) is 14.0 Å². The standard InChI is InChI=1S/C25H20FN5O2/c26-20-12-14-21(15-13-20)27-25(33)29-28-23(32)16-11-19-17-31(22-9-5-2-6-10-22)30-24(19)18-7-3-1-4-8-18/h1-17H,(H,28,32)(H2,27,29,33)/b16-11+. The Morgan fingerprint density at radius 3 is 2.21 bits per heavy atom. The van der Waals surface area contributed by atoms with Crippen molar-refractivity contribution < 1.29 is 14.0 Å². The molecule has 0 atom stereocenters. The minimum absolute atomic E-state index is 0.388. The second kappa shape index (κ2) is 10.1. The number of urea groups is 1. The molecule has 0 aliphatic heterocycles. The van der Waals surface area contributed by atoms with Gasteiger partial charge in [-0.05, 0) is 42.5 Å². The summed E-state index contributed by atoms with van der Waals surface area (Å²) in [5.41, 5.74) is 8.16. The first-order chi connectivity index (χ1) is 16.1. The average molecular weight is 441 g/mol. The Hall–Kier alpha value is -4.72. The Balaban J connectivity index is 1.45. The Kier molecular flexibility index (Phi) is 6.56. The van der Waals surface area contributed by atoms with Crippen LogP contribution in [0.3, 0.4) is 0 Å². The number of hydrogen-bond donors (Lipinski definition) is 3. The fourth-order valence-corrected chi connectivity index (χ4v) is 3.06. The van der Waals surface area contributed by atoms with Crippen molar-refractivity contribution in [2.75, 3.05) is 5.32 Å². The molecule has 3 amide bonds. The maximum absolute atomic E-state index is 12.9. The van der Waals surface area contributed by atoms with Crippen LogP contribution in [0.5, 0.6) is 0 Å². The maximum atomic E-state index is 12.9. The van der Waals surface area contributed by atoms with Gasteiger partial charge in [-0.1, -0.05) is 48.5 Å². The van der Waals surface area contributed by atoms with Gasteiger partial charge in [-0.25, -0.2) is 19.3 Å². The number of para-hydroxylation sites is 1. The summed E-state index contributed by atoms with van der Waals surface area (Å²) in [4.78, 5) is 24.1. The van der Waals surface area contributed by atoms with Gasteiger partial charge in [-0.2, -0.15) is 5.10 Å². The van der Waals surface area contributed by atoms with Crippen molar-refractivity contribution in [2.24, 2.45) is 0 Å². The van der Waals surface area contributed by atoms with Crippen molar-refractivity contribution in [3.05, 3.63) is 109 Å². The number of anilines is 1. The molecule has 1 aromatic heterocycles. The first kappa shape index (κ1) is 21.5. The molecule has 4 rings (SSSR count). The normalized spacial score (nSPS) is 10.7. The zero-order valence-electron chi connectivity index (χ0n) is 17.4. The van der Waals surface area contributed by atoms with Gasteiger partial charge >= 0.3 is 6.03 Å². The van der Waals surface area contributed by atoms with Crippen LogP contribution in [0.25, 0.3) is 23.0 Å². The number of nitrogens with one attached hydrogen (secondary N) is 3. The minimum Gasteiger partial charge on any atom is -0.307 e. The van der Waals surface area contributed by atoms with Gasteiger partial charge in [0.2, 0.25) is 0 Å². The second-order valence-electron chi connectivity index (χ2n) is 6.99. The summed E-state index contributed by atoms with van der Waals surface area (Å²) >= 11 is 0. The van der Waals surface area contributed by atoms with Crippen molar-refractivity contribution in [1.29, 1.82) is 0 Å². The van der Waals surface area contributed by atoms with Gasteiger partial charge in [-0.15, -0.1) is 0 Å². The van der Waals surface area contributed by atoms with E-state index in [2.05, 4.69) is 21.3 Å². The summed E-state index contributed by atoms with van der Waals surface area (Å²) in [5.74, 6) is -0.944. The van der Waals surface area contributed by atoms with Gasteiger partial charge in [0.05, 0.1) is 11.4 Å². The highest BCUT2D eigenvalue weighted by molar-refractivity contribution is 5.96. The number of aromatic nitrogens is 2. The predicted molar refractivity (Wildman–Crippen MR) is 125 cm³/mol. The van der Waals surface area contributed by atoms with Gasteiger partial charge in [0.1, 0.15) is 5.82 Å². The van der Waals surface area contributed by atoms with E-state index in [1.165, 1.54) is 30.3 Å². The van der Waals surface area contributed by atoms with Gasteiger partial charge in [0, 0.05) is 29.1 Å². The highest BCUT2D eigenvalue weighted by Gasteiger charge is 2.11. The Bertz CT molecular complexity index is 1270. The molecule has 1 heterocycles. The van der Waals surface area contributed by atoms with Crippen LogP contribution in [-0.2, 0) is 4.79 Å². The average Bonchev–Trinajstić information content (AvgIpc) is 3.28. The molecule has 0 fully saturated rings. The largest absolute Gasteiger partial charge is 0.337 e. The lowest BCUT2D eigenvalue weighted by molar-refractivity contribution is -0.117. The topological polar surface area (TPSA) is 88.1 Å². The molecule has 0 spiro atoms. The van der Waals surface area contributed by atoms with E-state index >= 15 is 0 Å². The van der Waals surface area contributed by atoms with E-state index < -0.39 is 17.8 Å². The molecule has 0 radical (unpaired) electrons. The number of halogens is 1. The van der Waals surface area contributed by atoms with Crippen molar-refractivity contribution in [2.45, 2.75) is 0 Å². The first-order valence-corrected chi connectivity index (χ1v) is 10.1. The number of rotatable bonds is 5. The number of carbonyl (C=O) groups is 2. The monoisotopic (exact) mass is 441 g/mol. The van der Waals surface area contributed by atoms with Crippen molar-refractivity contribution >= 4 is 23.7 Å². The fraction of sp³-hybridized carbons (Fsp3) is 0. The summed E-state index contributed by atoms with van der Waals surface area (Å²) in [5, 5.41) is 7.16. The van der Waals surface area contributed by atoms with Crippen LogP contribution in [0.2, 0.25) is 0 Å². The summed E-state index contributed by atoms with van der Waals surface area (Å²) in [6, 6.07) is 23.9. The van der Waals surface area contributed by atoms with Crippen molar-refractivity contribution in [3.8, 4) is 16.9 Å². The van der Waals surface area contributed by atoms with Crippen molar-refractivity contribution in [3.63, 3.8) is 0 Å². The van der Waals surface area contributed by atoms with Gasteiger partial charge in [-0.3, -0.25) is 10.2 Å². The molecule has 0 saturated carbocycles. The number of amides is 3. The summed E-state index contributed by atoms with van der Waals surface area (Å²) < 4.78 is 14.7. The van der Waals surface area contributed by atoms with Crippen LogP contribution >= 0.6 is 0 Å². The molecule has 164 valence electrons. The molecule has 33 heavy (non-hydrogen) atoms. The molecule has 0 bridgehead atoms. The Morgan fingerprint density at radius 1 is 0.848 bits per heavy atom. The van der Waals surface area contributed by atoms with Gasteiger partial charge in [0.25, 0.3) is 5.91 Å². The summed E-state index contributed by atoms with van der Waals surface area (Å²) in [6.07, 6.45) is 4.76. The van der Waals surface area contributed by atoms with Crippen LogP contribution in [0.15, 0.2) is 97.2 Å². The number of carbonyl (C=O) groups excluding carboxylic acids is 2. The lowest BCUT2D eigenvalue weighted by Gasteiger charge is -2.07. The molecule has 3 N–H and O–H groups in total. The fourth-order valence-electron chi connectivity index (χ4n) is 3.06. The molecule has 0 saturated heterocycles. The molecule has 7 nitrogen and oxygen atoms in total. The highest BCUT2D eigenvalue weighted by atomic mass is 19.1. The molecule has 0 aliphatic carbocycles. The number of nitrogens with zero attached hydrogens (tertiary/aromatic N) is 2. The zero-order valence-corrected chi connectivity index (χ0v) is 17.4. The predicted octanol–water partition coefficient (Wildman–Crippen LogP) is 4.54. The van der Waals surface area contributed by atoms with E-state index in [0.29, 0.717) is 11.4 Å². The van der Waals surface area contributed by atoms with Gasteiger partial charge < -0.3 is 5.32 Å². The number of hydrazine groups is 1. The van der Waals surface area contributed by atoms with E-state index in [0.717, 1.165) is 16.8 Å². The molecule has 4 aromatic rings.